The van der Waals surface area contributed by atoms with Crippen molar-refractivity contribution in [3.05, 3.63) is 89.1 Å². The highest BCUT2D eigenvalue weighted by atomic mass is 16.5. The number of carbonyl (C=O) groups excluding carboxylic acids is 2. The van der Waals surface area contributed by atoms with Crippen LogP contribution in [0.2, 0.25) is 0 Å². The summed E-state index contributed by atoms with van der Waals surface area (Å²) in [6, 6.07) is 17.7. The second-order valence-electron chi connectivity index (χ2n) is 8.17. The Bertz CT molecular complexity index is 999. The first-order chi connectivity index (χ1) is 14.3. The molecule has 1 heterocycles. The predicted molar refractivity (Wildman–Crippen MR) is 117 cm³/mol. The molecule has 5 heteroatoms. The van der Waals surface area contributed by atoms with Crippen LogP contribution in [0, 0.1) is 0 Å². The Morgan fingerprint density at radius 1 is 0.867 bits per heavy atom. The van der Waals surface area contributed by atoms with Crippen LogP contribution in [0.15, 0.2) is 78.0 Å². The smallest absolute Gasteiger partial charge is 0.340 e. The zero-order valence-electron chi connectivity index (χ0n) is 18.0. The van der Waals surface area contributed by atoms with E-state index in [0.717, 1.165) is 11.3 Å². The van der Waals surface area contributed by atoms with Crippen molar-refractivity contribution in [2.75, 3.05) is 19.1 Å². The fraction of sp³-hybridized carbons (Fsp3) is 0.280. The number of benzene rings is 2. The summed E-state index contributed by atoms with van der Waals surface area (Å²) >= 11 is 0. The highest BCUT2D eigenvalue weighted by molar-refractivity contribution is 6.08. The summed E-state index contributed by atoms with van der Waals surface area (Å²) in [6.45, 7) is 6.46. The highest BCUT2D eigenvalue weighted by Crippen LogP contribution is 2.37. The van der Waals surface area contributed by atoms with Crippen molar-refractivity contribution < 1.29 is 19.1 Å². The molecule has 0 fully saturated rings. The van der Waals surface area contributed by atoms with Crippen LogP contribution >= 0.6 is 0 Å². The van der Waals surface area contributed by atoms with Crippen LogP contribution in [0.25, 0.3) is 0 Å². The van der Waals surface area contributed by atoms with Crippen molar-refractivity contribution in [3.63, 3.8) is 0 Å². The maximum Gasteiger partial charge on any atom is 0.340 e. The van der Waals surface area contributed by atoms with Crippen molar-refractivity contribution in [1.29, 1.82) is 0 Å². The molecule has 30 heavy (non-hydrogen) atoms. The third-order valence-electron chi connectivity index (χ3n) is 5.14. The Morgan fingerprint density at radius 3 is 2.10 bits per heavy atom. The number of rotatable bonds is 4. The number of ether oxygens (including phenoxy) is 2. The standard InChI is InChI=1S/C25H27NO4/c1-25(2,3)18-12-9-13-19(14-18)26-16-21(24(28)30-5)20(23(27)29-4)15-22(26)17-10-7-6-8-11-17/h6-16,22H,1-5H3. The zero-order valence-corrected chi connectivity index (χ0v) is 18.0. The molecule has 0 N–H and O–H groups in total. The quantitative estimate of drug-likeness (QED) is 0.690. The average molecular weight is 405 g/mol. The molecule has 2 aromatic rings. The van der Waals surface area contributed by atoms with Gasteiger partial charge in [0.25, 0.3) is 0 Å². The van der Waals surface area contributed by atoms with Gasteiger partial charge in [0.15, 0.2) is 0 Å². The molecule has 156 valence electrons. The van der Waals surface area contributed by atoms with Crippen LogP contribution in [-0.4, -0.2) is 26.2 Å². The Kier molecular flexibility index (Phi) is 6.11. The molecule has 0 radical (unpaired) electrons. The van der Waals surface area contributed by atoms with Gasteiger partial charge in [0.1, 0.15) is 0 Å². The van der Waals surface area contributed by atoms with Crippen LogP contribution in [0.4, 0.5) is 5.69 Å². The third kappa shape index (κ3) is 4.30. The first-order valence-corrected chi connectivity index (χ1v) is 9.80. The van der Waals surface area contributed by atoms with Crippen LogP contribution in [0.1, 0.15) is 37.9 Å². The van der Waals surface area contributed by atoms with E-state index in [4.69, 9.17) is 9.47 Å². The van der Waals surface area contributed by atoms with E-state index in [2.05, 4.69) is 32.9 Å². The van der Waals surface area contributed by atoms with Crippen LogP contribution in [-0.2, 0) is 24.5 Å². The van der Waals surface area contributed by atoms with Gasteiger partial charge in [-0.3, -0.25) is 0 Å². The van der Waals surface area contributed by atoms with Crippen molar-refractivity contribution in [1.82, 2.24) is 0 Å². The van der Waals surface area contributed by atoms with E-state index in [0.29, 0.717) is 0 Å². The fourth-order valence-corrected chi connectivity index (χ4v) is 3.45. The summed E-state index contributed by atoms with van der Waals surface area (Å²) in [7, 11) is 2.60. The molecular weight excluding hydrogens is 378 g/mol. The first-order valence-electron chi connectivity index (χ1n) is 9.80. The molecule has 1 aliphatic rings. The van der Waals surface area contributed by atoms with E-state index < -0.39 is 11.9 Å². The molecule has 5 nitrogen and oxygen atoms in total. The second-order valence-corrected chi connectivity index (χ2v) is 8.17. The Hall–Kier alpha value is -3.34. The van der Waals surface area contributed by atoms with E-state index in [-0.39, 0.29) is 22.6 Å². The number of nitrogens with zero attached hydrogens (tertiary/aromatic N) is 1. The van der Waals surface area contributed by atoms with E-state index in [9.17, 15) is 9.59 Å². The van der Waals surface area contributed by atoms with Gasteiger partial charge in [-0.15, -0.1) is 0 Å². The maximum absolute atomic E-state index is 12.5. The molecule has 0 aliphatic carbocycles. The topological polar surface area (TPSA) is 55.8 Å². The maximum atomic E-state index is 12.5. The number of carbonyl (C=O) groups is 2. The third-order valence-corrected chi connectivity index (χ3v) is 5.14. The molecule has 0 spiro atoms. The number of hydrogen-bond donors (Lipinski definition) is 0. The Morgan fingerprint density at radius 2 is 1.50 bits per heavy atom. The van der Waals surface area contributed by atoms with Crippen LogP contribution in [0.5, 0.6) is 0 Å². The fourth-order valence-electron chi connectivity index (χ4n) is 3.45. The number of anilines is 1. The largest absolute Gasteiger partial charge is 0.465 e. The van der Waals surface area contributed by atoms with Crippen molar-refractivity contribution >= 4 is 17.6 Å². The molecule has 0 aromatic heterocycles. The molecule has 1 unspecified atom stereocenters. The van der Waals surface area contributed by atoms with Gasteiger partial charge in [0, 0.05) is 11.9 Å². The van der Waals surface area contributed by atoms with Crippen molar-refractivity contribution in [2.24, 2.45) is 0 Å². The molecule has 0 bridgehead atoms. The monoisotopic (exact) mass is 405 g/mol. The van der Waals surface area contributed by atoms with Gasteiger partial charge in [-0.05, 0) is 34.8 Å². The molecule has 0 saturated heterocycles. The van der Waals surface area contributed by atoms with Crippen molar-refractivity contribution in [3.8, 4) is 0 Å². The van der Waals surface area contributed by atoms with E-state index in [1.807, 2.05) is 47.4 Å². The minimum absolute atomic E-state index is 0.0318. The molecule has 3 rings (SSSR count). The Balaban J connectivity index is 2.20. The lowest BCUT2D eigenvalue weighted by atomic mass is 9.86. The molecule has 2 aromatic carbocycles. The Labute approximate surface area is 177 Å². The lowest BCUT2D eigenvalue weighted by molar-refractivity contribution is -0.139. The predicted octanol–water partition coefficient (Wildman–Crippen LogP) is 4.70. The normalized spacial score (nSPS) is 16.4. The molecule has 0 amide bonds. The van der Waals surface area contributed by atoms with Gasteiger partial charge in [0.2, 0.25) is 0 Å². The second kappa shape index (κ2) is 8.57. The van der Waals surface area contributed by atoms with Gasteiger partial charge in [0.05, 0.1) is 31.4 Å². The molecule has 1 atom stereocenters. The van der Waals surface area contributed by atoms with Gasteiger partial charge < -0.3 is 14.4 Å². The van der Waals surface area contributed by atoms with Gasteiger partial charge in [-0.25, -0.2) is 9.59 Å². The van der Waals surface area contributed by atoms with Gasteiger partial charge >= 0.3 is 11.9 Å². The van der Waals surface area contributed by atoms with E-state index in [1.165, 1.54) is 19.8 Å². The molecular formula is C25H27NO4. The SMILES string of the molecule is COC(=O)C1=CC(c2ccccc2)N(c2cccc(C(C)(C)C)c2)C=C1C(=O)OC. The minimum atomic E-state index is -0.588. The van der Waals surface area contributed by atoms with Crippen molar-refractivity contribution in [2.45, 2.75) is 32.2 Å². The summed E-state index contributed by atoms with van der Waals surface area (Å²) in [6.07, 6.45) is 3.44. The van der Waals surface area contributed by atoms with Gasteiger partial charge in [-0.2, -0.15) is 0 Å². The average Bonchev–Trinajstić information content (AvgIpc) is 2.77. The van der Waals surface area contributed by atoms with Gasteiger partial charge in [-0.1, -0.05) is 63.2 Å². The number of hydrogen-bond acceptors (Lipinski definition) is 5. The molecule has 0 saturated carbocycles. The summed E-state index contributed by atoms with van der Waals surface area (Å²) in [5.74, 6) is -1.16. The highest BCUT2D eigenvalue weighted by Gasteiger charge is 2.32. The zero-order chi connectivity index (χ0) is 21.9. The van der Waals surface area contributed by atoms with E-state index in [1.54, 1.807) is 12.3 Å². The summed E-state index contributed by atoms with van der Waals surface area (Å²) in [5.41, 5.74) is 3.40. The number of esters is 2. The van der Waals surface area contributed by atoms with Crippen LogP contribution in [0.3, 0.4) is 0 Å². The lowest BCUT2D eigenvalue weighted by Gasteiger charge is -2.34. The van der Waals surface area contributed by atoms with E-state index >= 15 is 0 Å². The first kappa shape index (κ1) is 21.4. The van der Waals surface area contributed by atoms with Crippen LogP contribution < -0.4 is 4.90 Å². The summed E-state index contributed by atoms with van der Waals surface area (Å²) < 4.78 is 9.86. The minimum Gasteiger partial charge on any atom is -0.465 e. The molecule has 1 aliphatic heterocycles. The summed E-state index contributed by atoms with van der Waals surface area (Å²) in [5, 5.41) is 0. The summed E-state index contributed by atoms with van der Waals surface area (Å²) in [4.78, 5) is 26.9. The number of methoxy groups -OCH3 is 2. The lowest BCUT2D eigenvalue weighted by Crippen LogP contribution is -2.30.